The number of aromatic carboxylic acids is 1. The number of hydrogen-bond donors (Lipinski definition) is 3. The highest BCUT2D eigenvalue weighted by Gasteiger charge is 2.12. The van der Waals surface area contributed by atoms with Crippen LogP contribution in [-0.4, -0.2) is 52.5 Å². The summed E-state index contributed by atoms with van der Waals surface area (Å²) in [5.41, 5.74) is 0.447. The first-order valence-electron chi connectivity index (χ1n) is 5.02. The van der Waals surface area contributed by atoms with E-state index in [1.54, 1.807) is 6.92 Å². The van der Waals surface area contributed by atoms with Gasteiger partial charge in [0.1, 0.15) is 0 Å². The molecule has 1 rings (SSSR count). The predicted molar refractivity (Wildman–Crippen MR) is 60.1 cm³/mol. The van der Waals surface area contributed by atoms with Gasteiger partial charge in [-0.25, -0.2) is 14.8 Å². The molecule has 0 radical (unpaired) electrons. The number of aliphatic hydroxyl groups excluding tert-OH is 1. The van der Waals surface area contributed by atoms with Crippen LogP contribution in [0, 0.1) is 6.92 Å². The van der Waals surface area contributed by atoms with Crippen molar-refractivity contribution in [3.05, 3.63) is 17.5 Å². The number of nitrogens with zero attached hydrogens (tertiary/aromatic N) is 2. The Morgan fingerprint density at radius 3 is 2.82 bits per heavy atom. The summed E-state index contributed by atoms with van der Waals surface area (Å²) >= 11 is 0. The molecular formula is C10H15N3O4. The molecule has 0 spiro atoms. The molecule has 7 nitrogen and oxygen atoms in total. The van der Waals surface area contributed by atoms with E-state index in [9.17, 15) is 4.79 Å². The Labute approximate surface area is 98.5 Å². The number of aromatic nitrogens is 2. The molecule has 17 heavy (non-hydrogen) atoms. The number of aryl methyl sites for hydroxylation is 1. The van der Waals surface area contributed by atoms with Crippen LogP contribution in [0.1, 0.15) is 16.2 Å². The number of aliphatic hydroxyl groups is 1. The summed E-state index contributed by atoms with van der Waals surface area (Å²) in [6, 6.07) is 1.00. The molecule has 3 N–H and O–H groups in total. The number of hydrogen-bond acceptors (Lipinski definition) is 6. The maximum Gasteiger partial charge on any atom is 0.354 e. The molecule has 0 aromatic carbocycles. The highest BCUT2D eigenvalue weighted by atomic mass is 16.5. The summed E-state index contributed by atoms with van der Waals surface area (Å²) in [4.78, 5) is 18.6. The highest BCUT2D eigenvalue weighted by Crippen LogP contribution is 2.06. The third-order valence-electron chi connectivity index (χ3n) is 1.99. The smallest absolute Gasteiger partial charge is 0.354 e. The molecule has 1 unspecified atom stereocenters. The second-order valence-corrected chi connectivity index (χ2v) is 3.50. The van der Waals surface area contributed by atoms with Crippen molar-refractivity contribution in [1.29, 1.82) is 0 Å². The number of rotatable bonds is 6. The summed E-state index contributed by atoms with van der Waals surface area (Å²) in [7, 11) is 1.50. The zero-order valence-electron chi connectivity index (χ0n) is 9.67. The first-order valence-corrected chi connectivity index (χ1v) is 5.02. The molecule has 0 saturated heterocycles. The van der Waals surface area contributed by atoms with Gasteiger partial charge in [-0.15, -0.1) is 0 Å². The molecule has 0 aliphatic rings. The van der Waals surface area contributed by atoms with Crippen LogP contribution < -0.4 is 5.32 Å². The minimum Gasteiger partial charge on any atom is -0.477 e. The van der Waals surface area contributed by atoms with Crippen LogP contribution in [-0.2, 0) is 4.74 Å². The number of methoxy groups -OCH3 is 1. The van der Waals surface area contributed by atoms with Crippen LogP contribution >= 0.6 is 0 Å². The van der Waals surface area contributed by atoms with Crippen molar-refractivity contribution in [2.45, 2.75) is 13.0 Å². The summed E-state index contributed by atoms with van der Waals surface area (Å²) < 4.78 is 4.88. The predicted octanol–water partition coefficient (Wildman–Crippen LogP) is -0.0976. The van der Waals surface area contributed by atoms with Crippen molar-refractivity contribution in [2.75, 3.05) is 25.6 Å². The molecule has 94 valence electrons. The summed E-state index contributed by atoms with van der Waals surface area (Å²) in [6.45, 7) is 1.79. The molecule has 0 aliphatic heterocycles. The van der Waals surface area contributed by atoms with E-state index >= 15 is 0 Å². The van der Waals surface area contributed by atoms with E-state index in [1.807, 2.05) is 0 Å². The Kier molecular flexibility index (Phi) is 4.80. The fraction of sp³-hybridized carbons (Fsp3) is 0.500. The third kappa shape index (κ3) is 3.97. The fourth-order valence-corrected chi connectivity index (χ4v) is 1.27. The van der Waals surface area contributed by atoms with Gasteiger partial charge >= 0.3 is 5.97 Å². The second-order valence-electron chi connectivity index (χ2n) is 3.50. The van der Waals surface area contributed by atoms with Gasteiger partial charge in [-0.3, -0.25) is 0 Å². The van der Waals surface area contributed by atoms with Crippen LogP contribution in [0.4, 0.5) is 5.95 Å². The molecule has 0 bridgehead atoms. The maximum absolute atomic E-state index is 10.8. The molecule has 0 amide bonds. The summed E-state index contributed by atoms with van der Waals surface area (Å²) in [5, 5.41) is 20.7. The van der Waals surface area contributed by atoms with Crippen molar-refractivity contribution in [2.24, 2.45) is 0 Å². The lowest BCUT2D eigenvalue weighted by molar-refractivity contribution is 0.0690. The monoisotopic (exact) mass is 241 g/mol. The number of carboxylic acids is 1. The van der Waals surface area contributed by atoms with E-state index in [0.29, 0.717) is 5.69 Å². The standard InChI is InChI=1S/C10H15N3O4/c1-6-3-8(9(15)16)13-10(11-6)12-7(4-14)5-17-2/h3,7,14H,4-5H2,1-2H3,(H,15,16)(H,11,12,13). The SMILES string of the molecule is COCC(CO)Nc1nc(C)cc(C(=O)O)n1. The molecule has 0 aliphatic carbocycles. The second kappa shape index (κ2) is 6.12. The molecular weight excluding hydrogens is 226 g/mol. The maximum atomic E-state index is 10.8. The lowest BCUT2D eigenvalue weighted by Crippen LogP contribution is -2.30. The van der Waals surface area contributed by atoms with E-state index in [4.69, 9.17) is 14.9 Å². The van der Waals surface area contributed by atoms with Crippen LogP contribution in [0.3, 0.4) is 0 Å². The zero-order chi connectivity index (χ0) is 12.8. The van der Waals surface area contributed by atoms with Gasteiger partial charge in [0.2, 0.25) is 5.95 Å². The van der Waals surface area contributed by atoms with Crippen LogP contribution in [0.15, 0.2) is 6.07 Å². The Morgan fingerprint density at radius 2 is 2.29 bits per heavy atom. The largest absolute Gasteiger partial charge is 0.477 e. The van der Waals surface area contributed by atoms with Gasteiger partial charge in [-0.05, 0) is 13.0 Å². The first-order chi connectivity index (χ1) is 8.06. The average Bonchev–Trinajstić information content (AvgIpc) is 2.27. The summed E-state index contributed by atoms with van der Waals surface area (Å²) in [6.07, 6.45) is 0. The lowest BCUT2D eigenvalue weighted by Gasteiger charge is -2.15. The summed E-state index contributed by atoms with van der Waals surface area (Å²) in [5.74, 6) is -0.954. The number of ether oxygens (including phenoxy) is 1. The highest BCUT2D eigenvalue weighted by molar-refractivity contribution is 5.85. The molecule has 0 saturated carbocycles. The topological polar surface area (TPSA) is 105 Å². The Balaban J connectivity index is 2.86. The van der Waals surface area contributed by atoms with Crippen LogP contribution in [0.25, 0.3) is 0 Å². The van der Waals surface area contributed by atoms with Crippen molar-refractivity contribution < 1.29 is 19.7 Å². The normalized spacial score (nSPS) is 12.2. The van der Waals surface area contributed by atoms with Gasteiger partial charge in [0, 0.05) is 12.8 Å². The Hall–Kier alpha value is -1.73. The number of nitrogens with one attached hydrogen (secondary N) is 1. The van der Waals surface area contributed by atoms with E-state index in [-0.39, 0.29) is 30.9 Å². The Morgan fingerprint density at radius 1 is 1.59 bits per heavy atom. The van der Waals surface area contributed by atoms with Gasteiger partial charge in [0.05, 0.1) is 19.3 Å². The van der Waals surface area contributed by atoms with Crippen molar-refractivity contribution >= 4 is 11.9 Å². The molecule has 7 heteroatoms. The zero-order valence-corrected chi connectivity index (χ0v) is 9.67. The fourth-order valence-electron chi connectivity index (χ4n) is 1.27. The number of carbonyl (C=O) groups is 1. The molecule has 1 heterocycles. The van der Waals surface area contributed by atoms with Crippen molar-refractivity contribution in [1.82, 2.24) is 9.97 Å². The number of carboxylic acid groups (broad SMARTS) is 1. The molecule has 1 aromatic rings. The molecule has 1 atom stereocenters. The van der Waals surface area contributed by atoms with Gasteiger partial charge in [0.25, 0.3) is 0 Å². The number of anilines is 1. The molecule has 1 aromatic heterocycles. The Bertz CT molecular complexity index is 397. The van der Waals surface area contributed by atoms with Gasteiger partial charge in [-0.1, -0.05) is 0 Å². The minimum absolute atomic E-state index is 0.0888. The van der Waals surface area contributed by atoms with E-state index < -0.39 is 5.97 Å². The van der Waals surface area contributed by atoms with Gasteiger partial charge in [-0.2, -0.15) is 0 Å². The van der Waals surface area contributed by atoms with E-state index in [2.05, 4.69) is 15.3 Å². The van der Waals surface area contributed by atoms with Crippen LogP contribution in [0.5, 0.6) is 0 Å². The third-order valence-corrected chi connectivity index (χ3v) is 1.99. The van der Waals surface area contributed by atoms with Crippen LogP contribution in [0.2, 0.25) is 0 Å². The van der Waals surface area contributed by atoms with Gasteiger partial charge in [0.15, 0.2) is 5.69 Å². The lowest BCUT2D eigenvalue weighted by atomic mass is 10.3. The van der Waals surface area contributed by atoms with Gasteiger partial charge < -0.3 is 20.3 Å². The van der Waals surface area contributed by atoms with E-state index in [1.165, 1.54) is 13.2 Å². The van der Waals surface area contributed by atoms with E-state index in [0.717, 1.165) is 0 Å². The minimum atomic E-state index is -1.12. The van der Waals surface area contributed by atoms with Crippen molar-refractivity contribution in [3.8, 4) is 0 Å². The van der Waals surface area contributed by atoms with Crippen molar-refractivity contribution in [3.63, 3.8) is 0 Å². The quantitative estimate of drug-likeness (QED) is 0.638. The average molecular weight is 241 g/mol. The first kappa shape index (κ1) is 13.3. The molecule has 0 fully saturated rings.